The van der Waals surface area contributed by atoms with Crippen molar-refractivity contribution in [2.24, 2.45) is 0 Å². The Hall–Kier alpha value is -12.7. The molecule has 102 heavy (non-hydrogen) atoms. The molecule has 0 aliphatic heterocycles. The average molecular weight is 1300 g/mol. The van der Waals surface area contributed by atoms with Gasteiger partial charge in [0.2, 0.25) is 0 Å². The van der Waals surface area contributed by atoms with Crippen molar-refractivity contribution in [3.8, 4) is 66.8 Å². The zero-order chi connectivity index (χ0) is 68.4. The molecule has 20 rings (SSSR count). The average Bonchev–Trinajstić information content (AvgIpc) is 0.733. The molecule has 0 spiro atoms. The zero-order valence-electron chi connectivity index (χ0n) is 57.6. The third-order valence-electron chi connectivity index (χ3n) is 21.5. The molecule has 20 aromatic carbocycles. The van der Waals surface area contributed by atoms with Gasteiger partial charge in [0, 0.05) is 0 Å². The van der Waals surface area contributed by atoms with Crippen LogP contribution in [0.4, 0.5) is 0 Å². The third-order valence-corrected chi connectivity index (χ3v) is 21.5. The van der Waals surface area contributed by atoms with E-state index in [1.54, 1.807) is 0 Å². The van der Waals surface area contributed by atoms with Gasteiger partial charge in [0.1, 0.15) is 0 Å². The van der Waals surface area contributed by atoms with Gasteiger partial charge in [-0.2, -0.15) is 0 Å². The first-order chi connectivity index (χ1) is 50.3. The van der Waals surface area contributed by atoms with Crippen molar-refractivity contribution in [3.63, 3.8) is 0 Å². The van der Waals surface area contributed by atoms with Crippen LogP contribution in [0.25, 0.3) is 185 Å². The number of aryl methyl sites for hydroxylation is 4. The van der Waals surface area contributed by atoms with Gasteiger partial charge in [0.15, 0.2) is 0 Å². The Bertz CT molecular complexity index is 6370. The van der Waals surface area contributed by atoms with Gasteiger partial charge in [-0.05, 0) is 253 Å². The van der Waals surface area contributed by atoms with Crippen molar-refractivity contribution in [2.75, 3.05) is 0 Å². The van der Waals surface area contributed by atoms with Crippen LogP contribution < -0.4 is 0 Å². The molecule has 480 valence electrons. The van der Waals surface area contributed by atoms with Gasteiger partial charge in [0.05, 0.1) is 0 Å². The Morgan fingerprint density at radius 3 is 0.676 bits per heavy atom. The fourth-order valence-electron chi connectivity index (χ4n) is 16.4. The SMILES string of the molecule is Cc1cc2c(-c3ccc4ccccc4c3)c3ccccc3c(-c3ccc4ccccc4c3)c2cc1C.Cc1cc2c(-c3cccc4ccccc34)c3ccccc3c(-c3cccc4ccccc34)c2cc1C.c1ccc(-c2c3ccccc3c(-c3ccc4ccccc4c3)c3ccccc23)cc1. The van der Waals surface area contributed by atoms with Crippen LogP contribution in [-0.4, -0.2) is 0 Å². The molecule has 0 aliphatic rings. The number of fused-ring (bicyclic) bond motifs is 11. The lowest BCUT2D eigenvalue weighted by Gasteiger charge is -2.21. The summed E-state index contributed by atoms with van der Waals surface area (Å²) in [4.78, 5) is 0. The van der Waals surface area contributed by atoms with Crippen LogP contribution in [0.3, 0.4) is 0 Å². The van der Waals surface area contributed by atoms with E-state index in [0.29, 0.717) is 0 Å². The second kappa shape index (κ2) is 25.8. The lowest BCUT2D eigenvalue weighted by molar-refractivity contribution is 1.37. The summed E-state index contributed by atoms with van der Waals surface area (Å²) >= 11 is 0. The van der Waals surface area contributed by atoms with E-state index in [0.717, 1.165) is 0 Å². The first-order valence-corrected chi connectivity index (χ1v) is 35.6. The largest absolute Gasteiger partial charge is 0.0622 e. The van der Waals surface area contributed by atoms with Gasteiger partial charge >= 0.3 is 0 Å². The van der Waals surface area contributed by atoms with E-state index in [1.807, 2.05) is 0 Å². The Morgan fingerprint density at radius 2 is 0.353 bits per heavy atom. The number of benzene rings is 20. The van der Waals surface area contributed by atoms with Crippen molar-refractivity contribution in [1.29, 1.82) is 0 Å². The van der Waals surface area contributed by atoms with Gasteiger partial charge in [-0.1, -0.05) is 346 Å². The molecule has 0 fully saturated rings. The van der Waals surface area contributed by atoms with E-state index < -0.39 is 0 Å². The van der Waals surface area contributed by atoms with Crippen molar-refractivity contribution >= 4 is 118 Å². The minimum atomic E-state index is 1.26. The second-order valence-corrected chi connectivity index (χ2v) is 27.5. The highest BCUT2D eigenvalue weighted by atomic mass is 14.3. The van der Waals surface area contributed by atoms with Crippen molar-refractivity contribution in [1.82, 2.24) is 0 Å². The van der Waals surface area contributed by atoms with E-state index in [-0.39, 0.29) is 0 Å². The molecular formula is C102H72. The van der Waals surface area contributed by atoms with Crippen LogP contribution in [0.2, 0.25) is 0 Å². The van der Waals surface area contributed by atoms with E-state index in [9.17, 15) is 0 Å². The van der Waals surface area contributed by atoms with Gasteiger partial charge in [-0.25, -0.2) is 0 Å². The summed E-state index contributed by atoms with van der Waals surface area (Å²) in [5.74, 6) is 0. The van der Waals surface area contributed by atoms with Crippen molar-refractivity contribution in [3.05, 3.63) is 386 Å². The maximum Gasteiger partial charge on any atom is -0.00200 e. The molecule has 0 aliphatic carbocycles. The molecule has 0 radical (unpaired) electrons. The monoisotopic (exact) mass is 1300 g/mol. The summed E-state index contributed by atoms with van der Waals surface area (Å²) in [5.41, 5.74) is 20.8. The fourth-order valence-corrected chi connectivity index (χ4v) is 16.4. The molecule has 0 bridgehead atoms. The van der Waals surface area contributed by atoms with Crippen LogP contribution in [0.15, 0.2) is 364 Å². The molecule has 0 N–H and O–H groups in total. The van der Waals surface area contributed by atoms with Crippen LogP contribution >= 0.6 is 0 Å². The highest BCUT2D eigenvalue weighted by Gasteiger charge is 2.23. The van der Waals surface area contributed by atoms with Crippen molar-refractivity contribution in [2.45, 2.75) is 27.7 Å². The normalized spacial score (nSPS) is 11.5. The zero-order valence-corrected chi connectivity index (χ0v) is 57.6. The van der Waals surface area contributed by atoms with Crippen LogP contribution in [0.5, 0.6) is 0 Å². The highest BCUT2D eigenvalue weighted by molar-refractivity contribution is 6.27. The smallest absolute Gasteiger partial charge is 0.00200 e. The number of rotatable bonds is 6. The van der Waals surface area contributed by atoms with E-state index >= 15 is 0 Å². The quantitative estimate of drug-likeness (QED) is 0.146. The minimum absolute atomic E-state index is 1.26. The highest BCUT2D eigenvalue weighted by Crippen LogP contribution is 2.50. The predicted molar refractivity (Wildman–Crippen MR) is 443 cm³/mol. The molecule has 0 unspecified atom stereocenters. The van der Waals surface area contributed by atoms with E-state index in [4.69, 9.17) is 0 Å². The molecule has 0 saturated heterocycles. The van der Waals surface area contributed by atoms with E-state index in [1.165, 1.54) is 208 Å². The lowest BCUT2D eigenvalue weighted by Crippen LogP contribution is -1.94. The summed E-state index contributed by atoms with van der Waals surface area (Å²) in [5, 5.41) is 28.4. The first-order valence-electron chi connectivity index (χ1n) is 35.6. The molecule has 20 aromatic rings. The molecule has 0 atom stereocenters. The molecule has 0 heterocycles. The van der Waals surface area contributed by atoms with Gasteiger partial charge in [-0.3, -0.25) is 0 Å². The van der Waals surface area contributed by atoms with Gasteiger partial charge in [-0.15, -0.1) is 0 Å². The van der Waals surface area contributed by atoms with Crippen LogP contribution in [0.1, 0.15) is 22.3 Å². The van der Waals surface area contributed by atoms with Gasteiger partial charge < -0.3 is 0 Å². The summed E-state index contributed by atoms with van der Waals surface area (Å²) in [7, 11) is 0. The van der Waals surface area contributed by atoms with Gasteiger partial charge in [0.25, 0.3) is 0 Å². The Morgan fingerprint density at radius 1 is 0.127 bits per heavy atom. The molecule has 0 amide bonds. The second-order valence-electron chi connectivity index (χ2n) is 27.5. The summed E-state index contributed by atoms with van der Waals surface area (Å²) in [6, 6.07) is 133. The topological polar surface area (TPSA) is 0 Å². The molecule has 0 aromatic heterocycles. The van der Waals surface area contributed by atoms with Crippen LogP contribution in [0, 0.1) is 27.7 Å². The minimum Gasteiger partial charge on any atom is -0.0622 e. The molecule has 0 heteroatoms. The summed E-state index contributed by atoms with van der Waals surface area (Å²) in [6.07, 6.45) is 0. The number of hydrogen-bond donors (Lipinski definition) is 0. The molecule has 0 nitrogen and oxygen atoms in total. The maximum atomic E-state index is 2.41. The summed E-state index contributed by atoms with van der Waals surface area (Å²) in [6.45, 7) is 8.91. The third kappa shape index (κ3) is 10.8. The maximum absolute atomic E-state index is 2.41. The van der Waals surface area contributed by atoms with Crippen molar-refractivity contribution < 1.29 is 0 Å². The number of hydrogen-bond acceptors (Lipinski definition) is 0. The Kier molecular flexibility index (Phi) is 15.6. The Labute approximate surface area is 595 Å². The predicted octanol–water partition coefficient (Wildman–Crippen LogP) is 29.0. The lowest BCUT2D eigenvalue weighted by atomic mass is 9.82. The first kappa shape index (κ1) is 61.6. The fraction of sp³-hybridized carbons (Fsp3) is 0.0392. The Balaban J connectivity index is 0.000000110. The standard InChI is InChI=1S/2C36H26.C30H20/c1-23-21-33-34(22-24(23)2)36(30-20-10-14-26-12-4-6-16-28(26)30)32-18-8-7-17-31(32)35(33)29-19-9-13-25-11-3-5-15-27(25)29;1-23-19-33-34(20-24(23)2)36(30-18-16-26-10-4-6-12-28(26)22-30)32-14-8-7-13-31(32)35(33)29-17-15-25-9-3-5-11-27(25)21-29;1-2-11-22(12-3-1)29-25-14-6-8-16-27(25)30(28-17-9-7-15-26(28)29)24-19-18-21-10-4-5-13-23(21)20-24/h2*3-22H,1-2H3;1-20H. The molecule has 0 saturated carbocycles. The summed E-state index contributed by atoms with van der Waals surface area (Å²) < 4.78 is 0. The molecular weight excluding hydrogens is 1230 g/mol. The van der Waals surface area contributed by atoms with Crippen LogP contribution in [-0.2, 0) is 0 Å². The van der Waals surface area contributed by atoms with E-state index in [2.05, 4.69) is 392 Å².